The van der Waals surface area contributed by atoms with Crippen LogP contribution in [0.2, 0.25) is 0 Å². The Kier molecular flexibility index (Phi) is 7.15. The molecule has 2 aromatic carbocycles. The molecule has 0 saturated carbocycles. The first kappa shape index (κ1) is 27.1. The Labute approximate surface area is 229 Å². The molecule has 2 aliphatic heterocycles. The lowest BCUT2D eigenvalue weighted by atomic mass is 9.99. The number of benzene rings is 2. The number of fused-ring (bicyclic) bond motifs is 1. The minimum absolute atomic E-state index is 0.239. The number of nitrogens with zero attached hydrogens (tertiary/aromatic N) is 5. The van der Waals surface area contributed by atoms with E-state index < -0.39 is 14.8 Å². The molecule has 0 amide bonds. The van der Waals surface area contributed by atoms with E-state index in [2.05, 4.69) is 32.1 Å². The number of likely N-dealkylation sites (N-methyl/N-ethyl adjacent to an activating group) is 1. The van der Waals surface area contributed by atoms with E-state index in [1.54, 1.807) is 39.1 Å². The maximum absolute atomic E-state index is 14.9. The lowest BCUT2D eigenvalue weighted by Crippen LogP contribution is -2.45. The summed E-state index contributed by atoms with van der Waals surface area (Å²) in [6, 6.07) is 10.7. The van der Waals surface area contributed by atoms with Crippen molar-refractivity contribution in [3.05, 3.63) is 54.0 Å². The molecular weight excluding hydrogens is 517 g/mol. The van der Waals surface area contributed by atoms with Crippen molar-refractivity contribution >= 4 is 38.9 Å². The van der Waals surface area contributed by atoms with Gasteiger partial charge < -0.3 is 20.9 Å². The van der Waals surface area contributed by atoms with Gasteiger partial charge in [0.2, 0.25) is 16.0 Å². The summed E-state index contributed by atoms with van der Waals surface area (Å²) in [7, 11) is -1.49. The number of rotatable bonds is 5. The highest BCUT2D eigenvalue weighted by atomic mass is 32.2. The molecule has 0 bridgehead atoms. The molecular formula is C28H36FN7O2S. The van der Waals surface area contributed by atoms with Gasteiger partial charge in [-0.05, 0) is 76.1 Å². The number of hydrogen-bond donors (Lipinski definition) is 2. The van der Waals surface area contributed by atoms with Gasteiger partial charge in [-0.1, -0.05) is 12.1 Å². The summed E-state index contributed by atoms with van der Waals surface area (Å²) in [4.78, 5) is 13.1. The number of aryl methyl sites for hydroxylation is 1. The molecule has 0 radical (unpaired) electrons. The third-order valence-electron chi connectivity index (χ3n) is 7.40. The largest absolute Gasteiger partial charge is 0.383 e. The van der Waals surface area contributed by atoms with Gasteiger partial charge in [0.05, 0.1) is 16.1 Å². The average Bonchev–Trinajstić information content (AvgIpc) is 2.88. The van der Waals surface area contributed by atoms with Gasteiger partial charge in [0.1, 0.15) is 11.6 Å². The lowest BCUT2D eigenvalue weighted by molar-refractivity contribution is 0.311. The second kappa shape index (κ2) is 10.3. The first-order valence-corrected chi connectivity index (χ1v) is 14.7. The molecule has 1 fully saturated rings. The van der Waals surface area contributed by atoms with Crippen LogP contribution in [0.4, 0.5) is 33.2 Å². The molecule has 9 nitrogen and oxygen atoms in total. The van der Waals surface area contributed by atoms with E-state index in [0.717, 1.165) is 50.1 Å². The Balaban J connectivity index is 1.37. The standard InChI is InChI=1S/C28H36FN7O2S/c1-28(2,3)39(37,38)36-11-5-6-19-7-8-20(16-25(19)36)22-18-31-27(33-26(22)30)32-21-9-10-24(23(29)17-21)35-14-12-34(4)13-15-35/h7-10,16-18H,5-6,11-15H2,1-4H3,(H3,30,31,32,33). The molecule has 1 saturated heterocycles. The number of aromatic nitrogens is 2. The van der Waals surface area contributed by atoms with Crippen molar-refractivity contribution in [1.29, 1.82) is 0 Å². The van der Waals surface area contributed by atoms with Crippen LogP contribution in [0.3, 0.4) is 0 Å². The molecule has 3 heterocycles. The number of sulfonamides is 1. The highest BCUT2D eigenvalue weighted by Gasteiger charge is 2.37. The van der Waals surface area contributed by atoms with E-state index in [0.29, 0.717) is 29.2 Å². The number of nitrogens with two attached hydrogens (primary N) is 1. The quantitative estimate of drug-likeness (QED) is 0.483. The fourth-order valence-corrected chi connectivity index (χ4v) is 6.44. The Morgan fingerprint density at radius 3 is 2.41 bits per heavy atom. The maximum atomic E-state index is 14.9. The third kappa shape index (κ3) is 5.38. The van der Waals surface area contributed by atoms with E-state index in [9.17, 15) is 12.8 Å². The lowest BCUT2D eigenvalue weighted by Gasteiger charge is -2.35. The molecule has 3 N–H and O–H groups in total. The van der Waals surface area contributed by atoms with Crippen LogP contribution in [-0.2, 0) is 16.4 Å². The number of halogens is 1. The number of hydrogen-bond acceptors (Lipinski definition) is 8. The van der Waals surface area contributed by atoms with E-state index >= 15 is 0 Å². The van der Waals surface area contributed by atoms with Gasteiger partial charge in [-0.3, -0.25) is 4.31 Å². The fourth-order valence-electron chi connectivity index (χ4n) is 4.98. The second-order valence-corrected chi connectivity index (χ2v) is 13.8. The first-order valence-electron chi connectivity index (χ1n) is 13.2. The van der Waals surface area contributed by atoms with Crippen molar-refractivity contribution in [1.82, 2.24) is 14.9 Å². The SMILES string of the molecule is CN1CCN(c2ccc(Nc3ncc(-c4ccc5c(c4)N(S(=O)(=O)C(C)(C)C)CCC5)c(N)n3)cc2F)CC1. The van der Waals surface area contributed by atoms with Gasteiger partial charge in [0.25, 0.3) is 0 Å². The summed E-state index contributed by atoms with van der Waals surface area (Å²) < 4.78 is 42.1. The summed E-state index contributed by atoms with van der Waals surface area (Å²) >= 11 is 0. The van der Waals surface area contributed by atoms with Crippen molar-refractivity contribution in [3.63, 3.8) is 0 Å². The zero-order valence-corrected chi connectivity index (χ0v) is 23.7. The smallest absolute Gasteiger partial charge is 0.240 e. The van der Waals surface area contributed by atoms with Crippen LogP contribution in [-0.4, -0.2) is 67.8 Å². The molecule has 0 spiro atoms. The van der Waals surface area contributed by atoms with Gasteiger partial charge >= 0.3 is 0 Å². The second-order valence-electron chi connectivity index (χ2n) is 11.2. The van der Waals surface area contributed by atoms with Crippen LogP contribution in [0.1, 0.15) is 32.8 Å². The predicted octanol–water partition coefficient (Wildman–Crippen LogP) is 4.24. The highest BCUT2D eigenvalue weighted by Crippen LogP contribution is 2.37. The zero-order chi connectivity index (χ0) is 27.9. The fraction of sp³-hybridized carbons (Fsp3) is 0.429. The molecule has 208 valence electrons. The van der Waals surface area contributed by atoms with E-state index in [1.807, 2.05) is 18.2 Å². The summed E-state index contributed by atoms with van der Waals surface area (Å²) in [5.41, 5.74) is 10.4. The van der Waals surface area contributed by atoms with Crippen molar-refractivity contribution < 1.29 is 12.8 Å². The van der Waals surface area contributed by atoms with Crippen LogP contribution in [0.15, 0.2) is 42.6 Å². The normalized spacial score (nSPS) is 16.7. The van der Waals surface area contributed by atoms with Crippen LogP contribution in [0, 0.1) is 5.82 Å². The summed E-state index contributed by atoms with van der Waals surface area (Å²) in [5.74, 6) is 0.180. The Bertz CT molecular complexity index is 1480. The zero-order valence-electron chi connectivity index (χ0n) is 22.9. The van der Waals surface area contributed by atoms with Crippen LogP contribution in [0.25, 0.3) is 11.1 Å². The topological polar surface area (TPSA) is 108 Å². The molecule has 2 aliphatic rings. The molecule has 1 aromatic heterocycles. The Hall–Kier alpha value is -3.44. The molecule has 0 atom stereocenters. The first-order chi connectivity index (χ1) is 18.4. The third-order valence-corrected chi connectivity index (χ3v) is 9.91. The number of anilines is 5. The van der Waals surface area contributed by atoms with E-state index in [-0.39, 0.29) is 17.6 Å². The molecule has 0 unspecified atom stereocenters. The average molecular weight is 554 g/mol. The molecule has 3 aromatic rings. The van der Waals surface area contributed by atoms with Gasteiger partial charge in [-0.15, -0.1) is 0 Å². The molecule has 39 heavy (non-hydrogen) atoms. The van der Waals surface area contributed by atoms with Crippen molar-refractivity contribution in [2.24, 2.45) is 0 Å². The Morgan fingerprint density at radius 2 is 1.74 bits per heavy atom. The number of piperazine rings is 1. The summed E-state index contributed by atoms with van der Waals surface area (Å²) in [6.07, 6.45) is 3.18. The maximum Gasteiger partial charge on any atom is 0.240 e. The minimum Gasteiger partial charge on any atom is -0.383 e. The molecule has 0 aliphatic carbocycles. The minimum atomic E-state index is -3.55. The van der Waals surface area contributed by atoms with Crippen molar-refractivity contribution in [2.75, 3.05) is 60.0 Å². The van der Waals surface area contributed by atoms with Crippen LogP contribution in [0.5, 0.6) is 0 Å². The van der Waals surface area contributed by atoms with Gasteiger partial charge in [-0.25, -0.2) is 17.8 Å². The van der Waals surface area contributed by atoms with Crippen molar-refractivity contribution in [3.8, 4) is 11.1 Å². The number of nitrogen functional groups attached to an aromatic ring is 1. The van der Waals surface area contributed by atoms with E-state index in [1.165, 1.54) is 10.4 Å². The molecule has 5 rings (SSSR count). The molecule has 11 heteroatoms. The van der Waals surface area contributed by atoms with Gasteiger partial charge in [-0.2, -0.15) is 4.98 Å². The van der Waals surface area contributed by atoms with Crippen molar-refractivity contribution in [2.45, 2.75) is 38.4 Å². The summed E-state index contributed by atoms with van der Waals surface area (Å²) in [5, 5.41) is 3.04. The van der Waals surface area contributed by atoms with Crippen LogP contribution < -0.4 is 20.3 Å². The van der Waals surface area contributed by atoms with Gasteiger partial charge in [0.15, 0.2) is 0 Å². The highest BCUT2D eigenvalue weighted by molar-refractivity contribution is 7.94. The summed E-state index contributed by atoms with van der Waals surface area (Å²) in [6.45, 7) is 8.93. The number of nitrogens with one attached hydrogen (secondary N) is 1. The van der Waals surface area contributed by atoms with Crippen LogP contribution >= 0.6 is 0 Å². The predicted molar refractivity (Wildman–Crippen MR) is 156 cm³/mol. The van der Waals surface area contributed by atoms with Gasteiger partial charge in [0, 0.05) is 50.2 Å². The monoisotopic (exact) mass is 553 g/mol. The van der Waals surface area contributed by atoms with E-state index in [4.69, 9.17) is 5.73 Å². The Morgan fingerprint density at radius 1 is 1.00 bits per heavy atom.